The Balaban J connectivity index is 1.81. The van der Waals surface area contributed by atoms with Gasteiger partial charge in [-0.25, -0.2) is 4.79 Å². The molecule has 0 unspecified atom stereocenters. The summed E-state index contributed by atoms with van der Waals surface area (Å²) in [5, 5.41) is 3.44. The molecule has 0 saturated carbocycles. The lowest BCUT2D eigenvalue weighted by atomic mass is 9.83. The standard InChI is InChI=1S/C27H26O6/c1-3-32-27(30)24(33-26(29)22-15-9-8-14-21(22)25(28)31-2)23-19-12-6-4-10-17(19)16-18-11-5-7-13-20(18)23/h4-13,16,21-22,24H,3,14-15H2,1-2H3/t21-,22+,24-/m0/s1. The van der Waals surface area contributed by atoms with Gasteiger partial charge in [-0.3, -0.25) is 9.59 Å². The van der Waals surface area contributed by atoms with Crippen LogP contribution in [0.5, 0.6) is 0 Å². The minimum Gasteiger partial charge on any atom is -0.469 e. The molecule has 6 heteroatoms. The summed E-state index contributed by atoms with van der Waals surface area (Å²) >= 11 is 0. The van der Waals surface area contributed by atoms with Crippen LogP contribution in [0.25, 0.3) is 21.5 Å². The maximum atomic E-state index is 13.3. The van der Waals surface area contributed by atoms with Crippen LogP contribution < -0.4 is 0 Å². The second-order valence-electron chi connectivity index (χ2n) is 7.98. The van der Waals surface area contributed by atoms with Crippen LogP contribution in [0, 0.1) is 11.8 Å². The van der Waals surface area contributed by atoms with E-state index in [0.29, 0.717) is 18.4 Å². The van der Waals surface area contributed by atoms with Crippen molar-refractivity contribution in [1.82, 2.24) is 0 Å². The van der Waals surface area contributed by atoms with Gasteiger partial charge in [-0.2, -0.15) is 0 Å². The van der Waals surface area contributed by atoms with Crippen molar-refractivity contribution in [3.05, 3.63) is 72.3 Å². The monoisotopic (exact) mass is 446 g/mol. The van der Waals surface area contributed by atoms with Gasteiger partial charge in [0.05, 0.1) is 25.6 Å². The lowest BCUT2D eigenvalue weighted by Crippen LogP contribution is -2.35. The number of allylic oxidation sites excluding steroid dienone is 2. The number of esters is 3. The van der Waals surface area contributed by atoms with Gasteiger partial charge in [0.2, 0.25) is 6.10 Å². The highest BCUT2D eigenvalue weighted by atomic mass is 16.6. The molecule has 0 aliphatic heterocycles. The summed E-state index contributed by atoms with van der Waals surface area (Å²) in [5.74, 6) is -3.12. The van der Waals surface area contributed by atoms with Gasteiger partial charge in [0.1, 0.15) is 0 Å². The summed E-state index contributed by atoms with van der Waals surface area (Å²) in [7, 11) is 1.30. The van der Waals surface area contributed by atoms with E-state index in [1.165, 1.54) is 7.11 Å². The van der Waals surface area contributed by atoms with Crippen LogP contribution in [0.1, 0.15) is 31.4 Å². The van der Waals surface area contributed by atoms with Crippen molar-refractivity contribution in [1.29, 1.82) is 0 Å². The number of hydrogen-bond acceptors (Lipinski definition) is 6. The Bertz CT molecular complexity index is 1170. The largest absolute Gasteiger partial charge is 0.469 e. The number of ether oxygens (including phenoxy) is 3. The first-order chi connectivity index (χ1) is 16.0. The highest BCUT2D eigenvalue weighted by molar-refractivity contribution is 6.05. The molecule has 3 aromatic rings. The molecular formula is C27H26O6. The fourth-order valence-corrected chi connectivity index (χ4v) is 4.46. The lowest BCUT2D eigenvalue weighted by molar-refractivity contribution is -0.173. The van der Waals surface area contributed by atoms with Crippen molar-refractivity contribution in [3.8, 4) is 0 Å². The predicted molar refractivity (Wildman–Crippen MR) is 124 cm³/mol. The molecule has 0 amide bonds. The van der Waals surface area contributed by atoms with Crippen molar-refractivity contribution in [2.45, 2.75) is 25.9 Å². The summed E-state index contributed by atoms with van der Waals surface area (Å²) < 4.78 is 16.1. The van der Waals surface area contributed by atoms with Crippen LogP contribution in [-0.4, -0.2) is 31.6 Å². The molecule has 1 aliphatic carbocycles. The van der Waals surface area contributed by atoms with Gasteiger partial charge in [0.15, 0.2) is 0 Å². The summed E-state index contributed by atoms with van der Waals surface area (Å²) in [6, 6.07) is 17.3. The number of fused-ring (bicyclic) bond motifs is 2. The molecule has 170 valence electrons. The Kier molecular flexibility index (Phi) is 6.73. The molecule has 0 N–H and O–H groups in total. The molecule has 3 aromatic carbocycles. The number of carbonyl (C=O) groups excluding carboxylic acids is 3. The van der Waals surface area contributed by atoms with Crippen LogP contribution in [0.2, 0.25) is 0 Å². The molecule has 0 bridgehead atoms. The van der Waals surface area contributed by atoms with E-state index in [0.717, 1.165) is 21.5 Å². The first kappa shape index (κ1) is 22.5. The summed E-state index contributed by atoms with van der Waals surface area (Å²) in [5.41, 5.74) is 0.580. The highest BCUT2D eigenvalue weighted by Gasteiger charge is 2.39. The van der Waals surface area contributed by atoms with Crippen molar-refractivity contribution in [2.24, 2.45) is 11.8 Å². The Morgan fingerprint density at radius 1 is 0.879 bits per heavy atom. The second-order valence-corrected chi connectivity index (χ2v) is 7.98. The van der Waals surface area contributed by atoms with E-state index >= 15 is 0 Å². The molecule has 0 heterocycles. The van der Waals surface area contributed by atoms with E-state index in [2.05, 4.69) is 0 Å². The molecule has 1 aliphatic rings. The van der Waals surface area contributed by atoms with Gasteiger partial charge in [-0.1, -0.05) is 60.7 Å². The van der Waals surface area contributed by atoms with Gasteiger partial charge in [0.25, 0.3) is 0 Å². The van der Waals surface area contributed by atoms with E-state index in [9.17, 15) is 14.4 Å². The maximum absolute atomic E-state index is 13.3. The fourth-order valence-electron chi connectivity index (χ4n) is 4.46. The maximum Gasteiger partial charge on any atom is 0.352 e. The summed E-state index contributed by atoms with van der Waals surface area (Å²) in [6.45, 7) is 1.85. The van der Waals surface area contributed by atoms with Crippen molar-refractivity contribution in [3.63, 3.8) is 0 Å². The molecule has 6 nitrogen and oxygen atoms in total. The number of methoxy groups -OCH3 is 1. The van der Waals surface area contributed by atoms with Crippen LogP contribution in [0.15, 0.2) is 66.7 Å². The predicted octanol–water partition coefficient (Wildman–Crippen LogP) is 4.90. The van der Waals surface area contributed by atoms with Gasteiger partial charge < -0.3 is 14.2 Å². The number of rotatable bonds is 6. The molecule has 0 fully saturated rings. The molecule has 0 saturated heterocycles. The van der Waals surface area contributed by atoms with Gasteiger partial charge >= 0.3 is 17.9 Å². The third kappa shape index (κ3) is 4.46. The van der Waals surface area contributed by atoms with Crippen molar-refractivity contribution in [2.75, 3.05) is 13.7 Å². The average Bonchev–Trinajstić information content (AvgIpc) is 2.85. The van der Waals surface area contributed by atoms with Gasteiger partial charge in [-0.05, 0) is 47.4 Å². The van der Waals surface area contributed by atoms with E-state index in [-0.39, 0.29) is 6.61 Å². The number of carbonyl (C=O) groups is 3. The third-order valence-electron chi connectivity index (χ3n) is 6.05. The quantitative estimate of drug-likeness (QED) is 0.232. The van der Waals surface area contributed by atoms with Crippen LogP contribution in [-0.2, 0) is 28.6 Å². The SMILES string of the molecule is CCOC(=O)[C@@H](OC(=O)[C@@H]1CC=CC[C@@H]1C(=O)OC)c1c2ccccc2cc2ccccc12. The smallest absolute Gasteiger partial charge is 0.352 e. The van der Waals surface area contributed by atoms with E-state index in [4.69, 9.17) is 14.2 Å². The minimum absolute atomic E-state index is 0.145. The Morgan fingerprint density at radius 2 is 1.42 bits per heavy atom. The number of hydrogen-bond donors (Lipinski definition) is 0. The molecular weight excluding hydrogens is 420 g/mol. The molecule has 0 aromatic heterocycles. The summed E-state index contributed by atoms with van der Waals surface area (Å²) in [6.07, 6.45) is 3.15. The number of benzene rings is 3. The third-order valence-corrected chi connectivity index (χ3v) is 6.05. The van der Waals surface area contributed by atoms with E-state index in [1.807, 2.05) is 66.7 Å². The van der Waals surface area contributed by atoms with Gasteiger partial charge in [0, 0.05) is 5.56 Å². The molecule has 0 spiro atoms. The zero-order valence-corrected chi connectivity index (χ0v) is 18.7. The molecule has 3 atom stereocenters. The lowest BCUT2D eigenvalue weighted by Gasteiger charge is -2.27. The fraction of sp³-hybridized carbons (Fsp3) is 0.296. The summed E-state index contributed by atoms with van der Waals surface area (Å²) in [4.78, 5) is 38.7. The first-order valence-corrected chi connectivity index (χ1v) is 11.1. The Labute approximate surface area is 192 Å². The van der Waals surface area contributed by atoms with E-state index < -0.39 is 35.8 Å². The van der Waals surface area contributed by atoms with Crippen LogP contribution >= 0.6 is 0 Å². The minimum atomic E-state index is -1.27. The zero-order chi connectivity index (χ0) is 23.4. The molecule has 33 heavy (non-hydrogen) atoms. The zero-order valence-electron chi connectivity index (χ0n) is 18.7. The van der Waals surface area contributed by atoms with E-state index in [1.54, 1.807) is 6.92 Å². The van der Waals surface area contributed by atoms with Crippen molar-refractivity contribution < 1.29 is 28.6 Å². The Morgan fingerprint density at radius 3 is 1.97 bits per heavy atom. The topological polar surface area (TPSA) is 78.9 Å². The highest BCUT2D eigenvalue weighted by Crippen LogP contribution is 2.37. The van der Waals surface area contributed by atoms with Crippen molar-refractivity contribution >= 4 is 39.5 Å². The second kappa shape index (κ2) is 9.86. The first-order valence-electron chi connectivity index (χ1n) is 11.1. The molecule has 0 radical (unpaired) electrons. The normalized spacial score (nSPS) is 18.6. The van der Waals surface area contributed by atoms with Crippen LogP contribution in [0.3, 0.4) is 0 Å². The average molecular weight is 446 g/mol. The molecule has 4 rings (SSSR count). The Hall–Kier alpha value is -3.67. The van der Waals surface area contributed by atoms with Gasteiger partial charge in [-0.15, -0.1) is 0 Å². The van der Waals surface area contributed by atoms with Crippen LogP contribution in [0.4, 0.5) is 0 Å².